The second kappa shape index (κ2) is 5.25. The number of rotatable bonds is 3. The van der Waals surface area contributed by atoms with Crippen LogP contribution in [0.5, 0.6) is 5.75 Å². The first-order chi connectivity index (χ1) is 9.74. The summed E-state index contributed by atoms with van der Waals surface area (Å²) in [4.78, 5) is 0. The quantitative estimate of drug-likeness (QED) is 0.716. The smallest absolute Gasteiger partial charge is 0.115 e. The lowest BCUT2D eigenvalue weighted by Crippen LogP contribution is -2.06. The molecule has 0 saturated heterocycles. The second-order valence-electron chi connectivity index (χ2n) is 4.98. The number of nitrogens with one attached hydrogen (secondary N) is 1. The predicted molar refractivity (Wildman–Crippen MR) is 84.1 cm³/mol. The van der Waals surface area contributed by atoms with Crippen LogP contribution >= 0.6 is 0 Å². The molecular weight excluding hydrogens is 246 g/mol. The average Bonchev–Trinajstić information content (AvgIpc) is 2.48. The molecule has 0 aliphatic carbocycles. The number of fused-ring (bicyclic) bond motifs is 1. The van der Waals surface area contributed by atoms with Crippen molar-refractivity contribution in [1.82, 2.24) is 0 Å². The summed E-state index contributed by atoms with van der Waals surface area (Å²) >= 11 is 0. The first-order valence-electron chi connectivity index (χ1n) is 6.77. The van der Waals surface area contributed by atoms with E-state index in [1.807, 2.05) is 12.1 Å². The highest BCUT2D eigenvalue weighted by Crippen LogP contribution is 2.27. The molecule has 0 fully saturated rings. The molecule has 0 saturated carbocycles. The Hall–Kier alpha value is -2.48. The van der Waals surface area contributed by atoms with Crippen LogP contribution in [0.4, 0.5) is 5.69 Å². The Bertz CT molecular complexity index is 714. The van der Waals surface area contributed by atoms with Gasteiger partial charge >= 0.3 is 0 Å². The van der Waals surface area contributed by atoms with Gasteiger partial charge in [0.05, 0.1) is 0 Å². The highest BCUT2D eigenvalue weighted by molar-refractivity contribution is 5.93. The van der Waals surface area contributed by atoms with E-state index in [-0.39, 0.29) is 6.04 Å². The van der Waals surface area contributed by atoms with E-state index >= 15 is 0 Å². The van der Waals surface area contributed by atoms with Crippen molar-refractivity contribution in [2.75, 3.05) is 5.32 Å². The summed E-state index contributed by atoms with van der Waals surface area (Å²) in [5.74, 6) is 0.297. The Morgan fingerprint density at radius 3 is 2.35 bits per heavy atom. The molecule has 100 valence electrons. The van der Waals surface area contributed by atoms with Crippen molar-refractivity contribution in [2.45, 2.75) is 13.0 Å². The molecule has 3 aromatic carbocycles. The fraction of sp³-hybridized carbons (Fsp3) is 0.111. The first kappa shape index (κ1) is 12.5. The Kier molecular flexibility index (Phi) is 3.30. The zero-order valence-electron chi connectivity index (χ0n) is 11.4. The normalized spacial score (nSPS) is 12.2. The third kappa shape index (κ3) is 2.45. The highest BCUT2D eigenvalue weighted by atomic mass is 16.3. The predicted octanol–water partition coefficient (Wildman–Crippen LogP) is 4.72. The maximum Gasteiger partial charge on any atom is 0.115 e. The lowest BCUT2D eigenvalue weighted by Gasteiger charge is -2.17. The van der Waals surface area contributed by atoms with Crippen molar-refractivity contribution in [3.8, 4) is 5.75 Å². The lowest BCUT2D eigenvalue weighted by atomic mass is 10.1. The molecule has 0 amide bonds. The molecule has 0 aliphatic heterocycles. The highest BCUT2D eigenvalue weighted by Gasteiger charge is 2.07. The van der Waals surface area contributed by atoms with Gasteiger partial charge in [-0.05, 0) is 36.1 Å². The molecule has 0 heterocycles. The van der Waals surface area contributed by atoms with Gasteiger partial charge in [0.15, 0.2) is 0 Å². The van der Waals surface area contributed by atoms with E-state index in [1.165, 1.54) is 10.8 Å². The summed E-state index contributed by atoms with van der Waals surface area (Å²) in [5.41, 5.74) is 2.28. The molecule has 20 heavy (non-hydrogen) atoms. The summed E-state index contributed by atoms with van der Waals surface area (Å²) in [6, 6.07) is 22.1. The van der Waals surface area contributed by atoms with Gasteiger partial charge in [0.1, 0.15) is 5.75 Å². The van der Waals surface area contributed by atoms with Crippen molar-refractivity contribution in [1.29, 1.82) is 0 Å². The minimum absolute atomic E-state index is 0.182. The largest absolute Gasteiger partial charge is 0.508 e. The molecular formula is C18H17NO. The van der Waals surface area contributed by atoms with Gasteiger partial charge in [0.2, 0.25) is 0 Å². The van der Waals surface area contributed by atoms with Gasteiger partial charge in [0.25, 0.3) is 0 Å². The van der Waals surface area contributed by atoms with E-state index in [9.17, 15) is 5.11 Å². The minimum atomic E-state index is 0.182. The van der Waals surface area contributed by atoms with E-state index in [1.54, 1.807) is 12.1 Å². The third-order valence-corrected chi connectivity index (χ3v) is 3.55. The van der Waals surface area contributed by atoms with Crippen molar-refractivity contribution in [2.24, 2.45) is 0 Å². The fourth-order valence-corrected chi connectivity index (χ4v) is 2.43. The standard InChI is InChI=1S/C18H17NO/c1-13(14-9-11-16(20)12-10-14)19-18-8-4-6-15-5-2-3-7-17(15)18/h2-13,19-20H,1H3. The Labute approximate surface area is 118 Å². The second-order valence-corrected chi connectivity index (χ2v) is 4.98. The van der Waals surface area contributed by atoms with Crippen molar-refractivity contribution < 1.29 is 5.11 Å². The van der Waals surface area contributed by atoms with Crippen LogP contribution in [0.1, 0.15) is 18.5 Å². The summed E-state index contributed by atoms with van der Waals surface area (Å²) in [6.07, 6.45) is 0. The van der Waals surface area contributed by atoms with Gasteiger partial charge in [-0.2, -0.15) is 0 Å². The topological polar surface area (TPSA) is 32.3 Å². The van der Waals surface area contributed by atoms with Crippen LogP contribution in [0.25, 0.3) is 10.8 Å². The fourth-order valence-electron chi connectivity index (χ4n) is 2.43. The van der Waals surface area contributed by atoms with E-state index < -0.39 is 0 Å². The van der Waals surface area contributed by atoms with Crippen LogP contribution < -0.4 is 5.32 Å². The molecule has 0 spiro atoms. The number of phenols is 1. The lowest BCUT2D eigenvalue weighted by molar-refractivity contribution is 0.475. The summed E-state index contributed by atoms with van der Waals surface area (Å²) < 4.78 is 0. The van der Waals surface area contributed by atoms with Crippen LogP contribution in [-0.2, 0) is 0 Å². The molecule has 3 rings (SSSR count). The number of phenolic OH excluding ortho intramolecular Hbond substituents is 1. The number of hydrogen-bond donors (Lipinski definition) is 2. The van der Waals surface area contributed by atoms with Crippen LogP contribution in [0.2, 0.25) is 0 Å². The van der Waals surface area contributed by atoms with Gasteiger partial charge in [0, 0.05) is 17.1 Å². The van der Waals surface area contributed by atoms with Gasteiger partial charge in [-0.25, -0.2) is 0 Å². The number of benzene rings is 3. The maximum absolute atomic E-state index is 9.35. The zero-order valence-corrected chi connectivity index (χ0v) is 11.4. The SMILES string of the molecule is CC(Nc1cccc2ccccc12)c1ccc(O)cc1. The summed E-state index contributed by atoms with van der Waals surface area (Å²) in [5, 5.41) is 15.3. The molecule has 0 radical (unpaired) electrons. The molecule has 0 bridgehead atoms. The van der Waals surface area contributed by atoms with E-state index in [2.05, 4.69) is 54.7 Å². The Morgan fingerprint density at radius 2 is 1.55 bits per heavy atom. The molecule has 2 N–H and O–H groups in total. The van der Waals surface area contributed by atoms with E-state index in [0.29, 0.717) is 5.75 Å². The minimum Gasteiger partial charge on any atom is -0.508 e. The van der Waals surface area contributed by atoms with E-state index in [0.717, 1.165) is 11.3 Å². The van der Waals surface area contributed by atoms with Crippen LogP contribution in [-0.4, -0.2) is 5.11 Å². The molecule has 0 aromatic heterocycles. The first-order valence-corrected chi connectivity index (χ1v) is 6.77. The van der Waals surface area contributed by atoms with Gasteiger partial charge in [-0.15, -0.1) is 0 Å². The van der Waals surface area contributed by atoms with E-state index in [4.69, 9.17) is 0 Å². The monoisotopic (exact) mass is 263 g/mol. The Balaban J connectivity index is 1.91. The number of aromatic hydroxyl groups is 1. The van der Waals surface area contributed by atoms with Crippen LogP contribution in [0.3, 0.4) is 0 Å². The maximum atomic E-state index is 9.35. The Morgan fingerprint density at radius 1 is 0.850 bits per heavy atom. The number of anilines is 1. The average molecular weight is 263 g/mol. The van der Waals surface area contributed by atoms with Crippen molar-refractivity contribution in [3.05, 3.63) is 72.3 Å². The van der Waals surface area contributed by atoms with Crippen molar-refractivity contribution >= 4 is 16.5 Å². The summed E-state index contributed by atoms with van der Waals surface area (Å²) in [7, 11) is 0. The molecule has 1 atom stereocenters. The molecule has 1 unspecified atom stereocenters. The number of hydrogen-bond acceptors (Lipinski definition) is 2. The molecule has 2 nitrogen and oxygen atoms in total. The van der Waals surface area contributed by atoms with Crippen molar-refractivity contribution in [3.63, 3.8) is 0 Å². The van der Waals surface area contributed by atoms with Gasteiger partial charge in [-0.1, -0.05) is 48.5 Å². The molecule has 2 heteroatoms. The van der Waals surface area contributed by atoms with Gasteiger partial charge < -0.3 is 10.4 Å². The van der Waals surface area contributed by atoms with Crippen LogP contribution in [0, 0.1) is 0 Å². The summed E-state index contributed by atoms with van der Waals surface area (Å²) in [6.45, 7) is 2.12. The molecule has 0 aliphatic rings. The molecule has 3 aromatic rings. The third-order valence-electron chi connectivity index (χ3n) is 3.55. The van der Waals surface area contributed by atoms with Gasteiger partial charge in [-0.3, -0.25) is 0 Å². The zero-order chi connectivity index (χ0) is 13.9. The van der Waals surface area contributed by atoms with Crippen LogP contribution in [0.15, 0.2) is 66.7 Å².